The minimum Gasteiger partial charge on any atom is -0.381 e. The third-order valence-corrected chi connectivity index (χ3v) is 5.49. The van der Waals surface area contributed by atoms with Crippen molar-refractivity contribution in [2.75, 3.05) is 16.8 Å². The Labute approximate surface area is 104 Å². The summed E-state index contributed by atoms with van der Waals surface area (Å²) >= 11 is 3.46. The second kappa shape index (κ2) is 4.37. The van der Waals surface area contributed by atoms with Crippen LogP contribution in [0.2, 0.25) is 0 Å². The average Bonchev–Trinajstić information content (AvgIpc) is 2.53. The van der Waals surface area contributed by atoms with Crippen LogP contribution in [0.25, 0.3) is 0 Å². The number of sulfone groups is 1. The van der Waals surface area contributed by atoms with Crippen LogP contribution in [-0.4, -0.2) is 26.0 Å². The first-order chi connectivity index (χ1) is 7.48. The lowest BCUT2D eigenvalue weighted by molar-refractivity contribution is 0.602. The van der Waals surface area contributed by atoms with Gasteiger partial charge in [0.1, 0.15) is 0 Å². The molecule has 1 atom stereocenters. The Morgan fingerprint density at radius 1 is 1.44 bits per heavy atom. The van der Waals surface area contributed by atoms with Crippen LogP contribution in [0.4, 0.5) is 5.69 Å². The SMILES string of the molecule is Cc1c(Br)cccc1NC1CCS(=O)(=O)C1. The van der Waals surface area contributed by atoms with Crippen molar-refractivity contribution in [3.05, 3.63) is 28.2 Å². The molecule has 1 unspecified atom stereocenters. The Kier molecular flexibility index (Phi) is 3.26. The van der Waals surface area contributed by atoms with Gasteiger partial charge in [0.2, 0.25) is 0 Å². The molecule has 0 aliphatic carbocycles. The first-order valence-corrected chi connectivity index (χ1v) is 7.81. The molecular formula is C11H14BrNO2S. The zero-order valence-electron chi connectivity index (χ0n) is 9.03. The van der Waals surface area contributed by atoms with Crippen molar-refractivity contribution < 1.29 is 8.42 Å². The summed E-state index contributed by atoms with van der Waals surface area (Å²) in [6.45, 7) is 2.01. The fraction of sp³-hybridized carbons (Fsp3) is 0.455. The molecule has 0 bridgehead atoms. The first kappa shape index (κ1) is 11.9. The molecule has 1 fully saturated rings. The molecule has 2 rings (SSSR count). The molecule has 3 nitrogen and oxygen atoms in total. The van der Waals surface area contributed by atoms with Crippen molar-refractivity contribution in [1.82, 2.24) is 0 Å². The van der Waals surface area contributed by atoms with E-state index >= 15 is 0 Å². The Bertz CT molecular complexity index is 499. The normalized spacial score (nSPS) is 23.2. The lowest BCUT2D eigenvalue weighted by Crippen LogP contribution is -2.21. The summed E-state index contributed by atoms with van der Waals surface area (Å²) in [5.74, 6) is 0.552. The third-order valence-electron chi connectivity index (χ3n) is 2.86. The van der Waals surface area contributed by atoms with E-state index in [4.69, 9.17) is 0 Å². The largest absolute Gasteiger partial charge is 0.381 e. The Hall–Kier alpha value is -0.550. The number of halogens is 1. The highest BCUT2D eigenvalue weighted by molar-refractivity contribution is 9.10. The summed E-state index contributed by atoms with van der Waals surface area (Å²) in [5, 5.41) is 3.30. The number of nitrogens with one attached hydrogen (secondary N) is 1. The van der Waals surface area contributed by atoms with Crippen molar-refractivity contribution >= 4 is 31.5 Å². The number of anilines is 1. The summed E-state index contributed by atoms with van der Waals surface area (Å²) in [5.41, 5.74) is 2.13. The van der Waals surface area contributed by atoms with Crippen LogP contribution >= 0.6 is 15.9 Å². The van der Waals surface area contributed by atoms with Crippen LogP contribution in [0, 0.1) is 6.92 Å². The standard InChI is InChI=1S/C11H14BrNO2S/c1-8-10(12)3-2-4-11(8)13-9-5-6-16(14,15)7-9/h2-4,9,13H,5-7H2,1H3. The number of rotatable bonds is 2. The van der Waals surface area contributed by atoms with Gasteiger partial charge in [-0.25, -0.2) is 8.42 Å². The molecule has 16 heavy (non-hydrogen) atoms. The molecular weight excluding hydrogens is 290 g/mol. The van der Waals surface area contributed by atoms with Crippen molar-refractivity contribution in [2.24, 2.45) is 0 Å². The van der Waals surface area contributed by atoms with E-state index in [1.165, 1.54) is 0 Å². The van der Waals surface area contributed by atoms with E-state index in [9.17, 15) is 8.42 Å². The summed E-state index contributed by atoms with van der Waals surface area (Å²) in [6, 6.07) is 5.96. The van der Waals surface area contributed by atoms with Gasteiger partial charge < -0.3 is 5.32 Å². The van der Waals surface area contributed by atoms with E-state index in [0.29, 0.717) is 12.2 Å². The first-order valence-electron chi connectivity index (χ1n) is 5.20. The van der Waals surface area contributed by atoms with Crippen LogP contribution in [0.15, 0.2) is 22.7 Å². The van der Waals surface area contributed by atoms with Crippen molar-refractivity contribution in [1.29, 1.82) is 0 Å². The van der Waals surface area contributed by atoms with Crippen molar-refractivity contribution in [3.8, 4) is 0 Å². The number of hydrogen-bond donors (Lipinski definition) is 1. The minimum atomic E-state index is -2.81. The van der Waals surface area contributed by atoms with E-state index in [1.54, 1.807) is 0 Å². The molecule has 1 aliphatic heterocycles. The summed E-state index contributed by atoms with van der Waals surface area (Å²) in [4.78, 5) is 0. The van der Waals surface area contributed by atoms with Gasteiger partial charge in [-0.15, -0.1) is 0 Å². The van der Waals surface area contributed by atoms with Gasteiger partial charge in [0.25, 0.3) is 0 Å². The predicted octanol–water partition coefficient (Wildman–Crippen LogP) is 2.36. The molecule has 1 aliphatic rings. The van der Waals surface area contributed by atoms with Crippen molar-refractivity contribution in [3.63, 3.8) is 0 Å². The van der Waals surface area contributed by atoms with Gasteiger partial charge in [0.15, 0.2) is 9.84 Å². The molecule has 0 spiro atoms. The Morgan fingerprint density at radius 2 is 2.19 bits per heavy atom. The van der Waals surface area contributed by atoms with Crippen LogP contribution in [0.5, 0.6) is 0 Å². The van der Waals surface area contributed by atoms with E-state index in [0.717, 1.165) is 15.7 Å². The van der Waals surface area contributed by atoms with Gasteiger partial charge in [0.05, 0.1) is 11.5 Å². The van der Waals surface area contributed by atoms with Gasteiger partial charge in [-0.05, 0) is 31.0 Å². The van der Waals surface area contributed by atoms with Gasteiger partial charge in [-0.1, -0.05) is 22.0 Å². The highest BCUT2D eigenvalue weighted by Crippen LogP contribution is 2.25. The molecule has 1 saturated heterocycles. The average molecular weight is 304 g/mol. The third kappa shape index (κ3) is 2.58. The monoisotopic (exact) mass is 303 g/mol. The molecule has 1 heterocycles. The Balaban J connectivity index is 2.14. The fourth-order valence-electron chi connectivity index (χ4n) is 1.89. The van der Waals surface area contributed by atoms with E-state index in [-0.39, 0.29) is 11.8 Å². The molecule has 0 aromatic heterocycles. The van der Waals surface area contributed by atoms with Crippen LogP contribution < -0.4 is 5.32 Å². The second-order valence-electron chi connectivity index (χ2n) is 4.16. The van der Waals surface area contributed by atoms with Crippen LogP contribution in [0.1, 0.15) is 12.0 Å². The number of hydrogen-bond acceptors (Lipinski definition) is 3. The molecule has 1 aromatic rings. The molecule has 1 N–H and O–H groups in total. The van der Waals surface area contributed by atoms with Gasteiger partial charge in [0, 0.05) is 16.2 Å². The molecule has 0 saturated carbocycles. The zero-order chi connectivity index (χ0) is 11.8. The topological polar surface area (TPSA) is 46.2 Å². The maximum atomic E-state index is 11.3. The predicted molar refractivity (Wildman–Crippen MR) is 69.6 cm³/mol. The number of benzene rings is 1. The molecule has 88 valence electrons. The quantitative estimate of drug-likeness (QED) is 0.912. The van der Waals surface area contributed by atoms with Gasteiger partial charge in [-0.2, -0.15) is 0 Å². The molecule has 0 radical (unpaired) electrons. The van der Waals surface area contributed by atoms with E-state index < -0.39 is 9.84 Å². The maximum absolute atomic E-state index is 11.3. The van der Waals surface area contributed by atoms with E-state index in [2.05, 4.69) is 21.2 Å². The van der Waals surface area contributed by atoms with Crippen LogP contribution in [-0.2, 0) is 9.84 Å². The fourth-order valence-corrected chi connectivity index (χ4v) is 3.93. The van der Waals surface area contributed by atoms with Gasteiger partial charge >= 0.3 is 0 Å². The zero-order valence-corrected chi connectivity index (χ0v) is 11.4. The summed E-state index contributed by atoms with van der Waals surface area (Å²) in [6.07, 6.45) is 0.703. The Morgan fingerprint density at radius 3 is 2.81 bits per heavy atom. The summed E-state index contributed by atoms with van der Waals surface area (Å²) in [7, 11) is -2.81. The van der Waals surface area contributed by atoms with Crippen molar-refractivity contribution in [2.45, 2.75) is 19.4 Å². The minimum absolute atomic E-state index is 0.0537. The van der Waals surface area contributed by atoms with Crippen LogP contribution in [0.3, 0.4) is 0 Å². The highest BCUT2D eigenvalue weighted by atomic mass is 79.9. The smallest absolute Gasteiger partial charge is 0.152 e. The maximum Gasteiger partial charge on any atom is 0.152 e. The lowest BCUT2D eigenvalue weighted by atomic mass is 10.1. The molecule has 1 aromatic carbocycles. The summed E-state index contributed by atoms with van der Waals surface area (Å²) < 4.78 is 23.7. The molecule has 5 heteroatoms. The lowest BCUT2D eigenvalue weighted by Gasteiger charge is -2.15. The van der Waals surface area contributed by atoms with Gasteiger partial charge in [-0.3, -0.25) is 0 Å². The second-order valence-corrected chi connectivity index (χ2v) is 7.24. The highest BCUT2D eigenvalue weighted by Gasteiger charge is 2.27. The van der Waals surface area contributed by atoms with E-state index in [1.807, 2.05) is 25.1 Å². The molecule has 0 amide bonds.